The molecule has 1 aromatic heterocycles. The molecule has 0 aliphatic heterocycles. The number of nitrogens with zero attached hydrogens (tertiary/aromatic N) is 2. The Bertz CT molecular complexity index is 252. The lowest BCUT2D eigenvalue weighted by atomic mass is 10.2. The van der Waals surface area contributed by atoms with Gasteiger partial charge in [0.25, 0.3) is 0 Å². The Kier molecular flexibility index (Phi) is 3.45. The zero-order chi connectivity index (χ0) is 6.69. The summed E-state index contributed by atoms with van der Waals surface area (Å²) in [6, 6.07) is 5.47. The van der Waals surface area contributed by atoms with Crippen LogP contribution in [0.2, 0.25) is 0 Å². The van der Waals surface area contributed by atoms with E-state index in [9.17, 15) is 0 Å². The first kappa shape index (κ1) is 8.93. The summed E-state index contributed by atoms with van der Waals surface area (Å²) in [6.45, 7) is 1.86. The standard InChI is InChI=1S/C7H6N2.ClH/c1-6-4-7(5-8)2-3-9-6;/h2-4H,1H3;1H. The van der Waals surface area contributed by atoms with E-state index in [2.05, 4.69) is 4.98 Å². The molecule has 52 valence electrons. The van der Waals surface area contributed by atoms with Crippen molar-refractivity contribution in [3.8, 4) is 6.07 Å². The Morgan fingerprint density at radius 3 is 2.70 bits per heavy atom. The smallest absolute Gasteiger partial charge is 0.0992 e. The second-order valence-electron chi connectivity index (χ2n) is 1.80. The van der Waals surface area contributed by atoms with Crippen molar-refractivity contribution in [1.82, 2.24) is 4.98 Å². The van der Waals surface area contributed by atoms with Crippen LogP contribution in [0, 0.1) is 18.3 Å². The predicted molar refractivity (Wildman–Crippen MR) is 40.9 cm³/mol. The fraction of sp³-hybridized carbons (Fsp3) is 0.143. The molecule has 0 atom stereocenters. The maximum Gasteiger partial charge on any atom is 0.0992 e. The van der Waals surface area contributed by atoms with Gasteiger partial charge in [-0.3, -0.25) is 4.98 Å². The maximum absolute atomic E-state index is 8.38. The van der Waals surface area contributed by atoms with Gasteiger partial charge in [0.1, 0.15) is 0 Å². The minimum Gasteiger partial charge on any atom is -0.262 e. The van der Waals surface area contributed by atoms with Crippen molar-refractivity contribution in [2.45, 2.75) is 6.92 Å². The fourth-order valence-corrected chi connectivity index (χ4v) is 0.615. The van der Waals surface area contributed by atoms with Gasteiger partial charge in [-0.1, -0.05) is 0 Å². The molecule has 0 saturated carbocycles. The summed E-state index contributed by atoms with van der Waals surface area (Å²) < 4.78 is 0. The molecule has 0 aromatic carbocycles. The molecule has 0 aliphatic carbocycles. The number of hydrogen-bond acceptors (Lipinski definition) is 2. The van der Waals surface area contributed by atoms with Gasteiger partial charge in [-0.2, -0.15) is 5.26 Å². The topological polar surface area (TPSA) is 36.7 Å². The van der Waals surface area contributed by atoms with Gasteiger partial charge < -0.3 is 0 Å². The molecule has 1 aromatic rings. The van der Waals surface area contributed by atoms with Crippen molar-refractivity contribution >= 4 is 12.4 Å². The monoisotopic (exact) mass is 154 g/mol. The normalized spacial score (nSPS) is 7.60. The molecular formula is C7H7ClN2. The quantitative estimate of drug-likeness (QED) is 0.570. The van der Waals surface area contributed by atoms with Crippen molar-refractivity contribution in [2.75, 3.05) is 0 Å². The third-order valence-electron chi connectivity index (χ3n) is 1.03. The number of aromatic nitrogens is 1. The molecule has 0 bridgehead atoms. The minimum atomic E-state index is 0. The molecule has 0 N–H and O–H groups in total. The highest BCUT2D eigenvalue weighted by Crippen LogP contribution is 1.96. The summed E-state index contributed by atoms with van der Waals surface area (Å²) in [7, 11) is 0. The van der Waals surface area contributed by atoms with E-state index in [4.69, 9.17) is 5.26 Å². The largest absolute Gasteiger partial charge is 0.262 e. The molecule has 0 fully saturated rings. The number of nitriles is 1. The van der Waals surface area contributed by atoms with E-state index in [1.807, 2.05) is 13.0 Å². The van der Waals surface area contributed by atoms with Crippen LogP contribution in [0.1, 0.15) is 11.3 Å². The van der Waals surface area contributed by atoms with Gasteiger partial charge in [-0.05, 0) is 19.1 Å². The van der Waals surface area contributed by atoms with Crippen molar-refractivity contribution in [3.63, 3.8) is 0 Å². The Balaban J connectivity index is 0.000000810. The molecule has 2 nitrogen and oxygen atoms in total. The van der Waals surface area contributed by atoms with E-state index in [0.717, 1.165) is 5.69 Å². The first-order valence-corrected chi connectivity index (χ1v) is 2.65. The second kappa shape index (κ2) is 3.86. The van der Waals surface area contributed by atoms with Crippen LogP contribution >= 0.6 is 12.4 Å². The SMILES string of the molecule is Cc1cc(C#N)ccn1.Cl. The average molecular weight is 155 g/mol. The Labute approximate surface area is 65.9 Å². The summed E-state index contributed by atoms with van der Waals surface area (Å²) >= 11 is 0. The molecule has 3 heteroatoms. The summed E-state index contributed by atoms with van der Waals surface area (Å²) in [5, 5.41) is 8.38. The van der Waals surface area contributed by atoms with Crippen LogP contribution in [0.25, 0.3) is 0 Å². The van der Waals surface area contributed by atoms with Crippen LogP contribution in [0.3, 0.4) is 0 Å². The van der Waals surface area contributed by atoms with Crippen LogP contribution in [0.15, 0.2) is 18.3 Å². The highest BCUT2D eigenvalue weighted by atomic mass is 35.5. The van der Waals surface area contributed by atoms with E-state index in [1.54, 1.807) is 18.3 Å². The number of aryl methyl sites for hydroxylation is 1. The molecule has 1 heterocycles. The highest BCUT2D eigenvalue weighted by molar-refractivity contribution is 5.85. The van der Waals surface area contributed by atoms with Crippen LogP contribution < -0.4 is 0 Å². The second-order valence-corrected chi connectivity index (χ2v) is 1.80. The van der Waals surface area contributed by atoms with Crippen molar-refractivity contribution in [1.29, 1.82) is 5.26 Å². The number of hydrogen-bond donors (Lipinski definition) is 0. The summed E-state index contributed by atoms with van der Waals surface area (Å²) in [4.78, 5) is 3.94. The molecule has 1 rings (SSSR count). The maximum atomic E-state index is 8.38. The Morgan fingerprint density at radius 2 is 2.30 bits per heavy atom. The Hall–Kier alpha value is -1.07. The number of rotatable bonds is 0. The molecule has 0 aliphatic rings. The van der Waals surface area contributed by atoms with E-state index in [0.29, 0.717) is 5.56 Å². The van der Waals surface area contributed by atoms with Crippen molar-refractivity contribution in [2.24, 2.45) is 0 Å². The van der Waals surface area contributed by atoms with Gasteiger partial charge >= 0.3 is 0 Å². The molecule has 0 radical (unpaired) electrons. The molecule has 0 spiro atoms. The van der Waals surface area contributed by atoms with Crippen molar-refractivity contribution in [3.05, 3.63) is 29.6 Å². The first-order chi connectivity index (χ1) is 4.33. The summed E-state index contributed by atoms with van der Waals surface area (Å²) in [5.41, 5.74) is 1.55. The van der Waals surface area contributed by atoms with Crippen LogP contribution in [-0.4, -0.2) is 4.98 Å². The third kappa shape index (κ3) is 2.04. The van der Waals surface area contributed by atoms with Gasteiger partial charge in [0, 0.05) is 11.9 Å². The molecular weight excluding hydrogens is 148 g/mol. The lowest BCUT2D eigenvalue weighted by Gasteiger charge is -1.87. The van der Waals surface area contributed by atoms with Crippen LogP contribution in [-0.2, 0) is 0 Å². The van der Waals surface area contributed by atoms with Gasteiger partial charge in [0.2, 0.25) is 0 Å². The van der Waals surface area contributed by atoms with E-state index in [-0.39, 0.29) is 12.4 Å². The highest BCUT2D eigenvalue weighted by Gasteiger charge is 1.87. The third-order valence-corrected chi connectivity index (χ3v) is 1.03. The summed E-state index contributed by atoms with van der Waals surface area (Å²) in [6.07, 6.45) is 1.63. The predicted octanol–water partition coefficient (Wildman–Crippen LogP) is 1.68. The molecule has 0 amide bonds. The zero-order valence-corrected chi connectivity index (χ0v) is 6.35. The summed E-state index contributed by atoms with van der Waals surface area (Å²) in [5.74, 6) is 0. The molecule has 10 heavy (non-hydrogen) atoms. The zero-order valence-electron chi connectivity index (χ0n) is 5.53. The van der Waals surface area contributed by atoms with Gasteiger partial charge in [-0.25, -0.2) is 0 Å². The van der Waals surface area contributed by atoms with Crippen LogP contribution in [0.4, 0.5) is 0 Å². The molecule has 0 saturated heterocycles. The molecule has 0 unspecified atom stereocenters. The average Bonchev–Trinajstić information content (AvgIpc) is 1.88. The van der Waals surface area contributed by atoms with Gasteiger partial charge in [0.15, 0.2) is 0 Å². The first-order valence-electron chi connectivity index (χ1n) is 2.65. The van der Waals surface area contributed by atoms with E-state index in [1.165, 1.54) is 0 Å². The van der Waals surface area contributed by atoms with E-state index < -0.39 is 0 Å². The lowest BCUT2D eigenvalue weighted by Crippen LogP contribution is -1.79. The number of pyridine rings is 1. The lowest BCUT2D eigenvalue weighted by molar-refractivity contribution is 1.19. The minimum absolute atomic E-state index is 0. The van der Waals surface area contributed by atoms with Crippen LogP contribution in [0.5, 0.6) is 0 Å². The van der Waals surface area contributed by atoms with Gasteiger partial charge in [0.05, 0.1) is 11.6 Å². The van der Waals surface area contributed by atoms with Gasteiger partial charge in [-0.15, -0.1) is 12.4 Å². The van der Waals surface area contributed by atoms with Crippen molar-refractivity contribution < 1.29 is 0 Å². The fourth-order valence-electron chi connectivity index (χ4n) is 0.615. The Morgan fingerprint density at radius 1 is 1.60 bits per heavy atom. The van der Waals surface area contributed by atoms with E-state index >= 15 is 0 Å². The number of halogens is 1.